The van der Waals surface area contributed by atoms with Gasteiger partial charge < -0.3 is 20.3 Å². The summed E-state index contributed by atoms with van der Waals surface area (Å²) in [5.74, 6) is 0.773. The number of nitrogen functional groups attached to an aromatic ring is 1. The molecule has 1 aliphatic rings. The molecule has 0 spiro atoms. The Kier molecular flexibility index (Phi) is 4.13. The van der Waals surface area contributed by atoms with Crippen LogP contribution in [0.25, 0.3) is 0 Å². The summed E-state index contributed by atoms with van der Waals surface area (Å²) in [5, 5.41) is 0.297. The number of nitrogens with zero attached hydrogens (tertiary/aromatic N) is 4. The van der Waals surface area contributed by atoms with E-state index in [0.29, 0.717) is 24.1 Å². The summed E-state index contributed by atoms with van der Waals surface area (Å²) < 4.78 is 5.42. The largest absolute Gasteiger partial charge is 0.442 e. The molecule has 1 fully saturated rings. The van der Waals surface area contributed by atoms with Gasteiger partial charge in [0.1, 0.15) is 17.1 Å². The minimum atomic E-state index is -0.326. The fraction of sp³-hybridized carbons (Fsp3) is 0.615. The van der Waals surface area contributed by atoms with Crippen LogP contribution in [0.3, 0.4) is 0 Å². The SMILES string of the molecule is CN(C(=O)OC1CN(c2cc(Cl)nc(N)n2)C1)C(C)(C)C. The Morgan fingerprint density at radius 2 is 2.10 bits per heavy atom. The molecule has 0 atom stereocenters. The van der Waals surface area contributed by atoms with Crippen molar-refractivity contribution in [3.63, 3.8) is 0 Å². The smallest absolute Gasteiger partial charge is 0.410 e. The topological polar surface area (TPSA) is 84.6 Å². The van der Waals surface area contributed by atoms with Gasteiger partial charge in [0.2, 0.25) is 5.95 Å². The zero-order valence-electron chi connectivity index (χ0n) is 12.6. The van der Waals surface area contributed by atoms with Crippen LogP contribution in [-0.2, 0) is 4.74 Å². The molecule has 1 amide bonds. The van der Waals surface area contributed by atoms with Gasteiger partial charge in [0, 0.05) is 18.7 Å². The fourth-order valence-corrected chi connectivity index (χ4v) is 1.96. The molecule has 2 rings (SSSR count). The third kappa shape index (κ3) is 3.66. The summed E-state index contributed by atoms with van der Waals surface area (Å²) in [6.45, 7) is 6.99. The lowest BCUT2D eigenvalue weighted by Gasteiger charge is -2.41. The monoisotopic (exact) mass is 313 g/mol. The molecule has 0 aliphatic carbocycles. The Morgan fingerprint density at radius 3 is 2.62 bits per heavy atom. The third-order valence-electron chi connectivity index (χ3n) is 3.42. The number of carbonyl (C=O) groups excluding carboxylic acids is 1. The maximum absolute atomic E-state index is 12.0. The normalized spacial score (nSPS) is 15.6. The molecule has 0 bridgehead atoms. The van der Waals surface area contributed by atoms with E-state index >= 15 is 0 Å². The lowest BCUT2D eigenvalue weighted by atomic mass is 10.1. The van der Waals surface area contributed by atoms with Crippen molar-refractivity contribution in [2.45, 2.75) is 32.4 Å². The Labute approximate surface area is 129 Å². The van der Waals surface area contributed by atoms with Crippen molar-refractivity contribution in [3.05, 3.63) is 11.2 Å². The first-order valence-corrected chi connectivity index (χ1v) is 7.04. The molecule has 2 heterocycles. The number of anilines is 2. The van der Waals surface area contributed by atoms with Crippen molar-refractivity contribution in [3.8, 4) is 0 Å². The molecule has 8 heteroatoms. The van der Waals surface area contributed by atoms with Gasteiger partial charge in [-0.1, -0.05) is 11.6 Å². The molecule has 0 aromatic carbocycles. The van der Waals surface area contributed by atoms with Gasteiger partial charge >= 0.3 is 6.09 Å². The van der Waals surface area contributed by atoms with Crippen LogP contribution in [0.15, 0.2) is 6.07 Å². The highest BCUT2D eigenvalue weighted by atomic mass is 35.5. The highest BCUT2D eigenvalue weighted by Gasteiger charge is 2.34. The lowest BCUT2D eigenvalue weighted by Crippen LogP contribution is -2.55. The first-order chi connectivity index (χ1) is 9.66. The van der Waals surface area contributed by atoms with E-state index < -0.39 is 0 Å². The second kappa shape index (κ2) is 5.55. The standard InChI is InChI=1S/C13H20ClN5O2/c1-13(2,3)18(4)12(20)21-8-6-19(7-8)10-5-9(14)16-11(15)17-10/h5,8H,6-7H2,1-4H3,(H2,15,16,17). The van der Waals surface area contributed by atoms with E-state index in [-0.39, 0.29) is 23.7 Å². The van der Waals surface area contributed by atoms with Gasteiger partial charge in [-0.25, -0.2) is 9.78 Å². The van der Waals surface area contributed by atoms with Crippen molar-refractivity contribution in [1.29, 1.82) is 0 Å². The van der Waals surface area contributed by atoms with Crippen molar-refractivity contribution in [2.24, 2.45) is 0 Å². The van der Waals surface area contributed by atoms with E-state index in [1.165, 1.54) is 0 Å². The molecule has 1 aliphatic heterocycles. The lowest BCUT2D eigenvalue weighted by molar-refractivity contribution is 0.0364. The van der Waals surface area contributed by atoms with Gasteiger partial charge in [-0.3, -0.25) is 0 Å². The Bertz CT molecular complexity index is 520. The number of hydrogen-bond donors (Lipinski definition) is 1. The highest BCUT2D eigenvalue weighted by Crippen LogP contribution is 2.24. The van der Waals surface area contributed by atoms with Crippen LogP contribution in [0.4, 0.5) is 16.6 Å². The predicted octanol–water partition coefficient (Wildman–Crippen LogP) is 1.77. The van der Waals surface area contributed by atoms with E-state index in [1.54, 1.807) is 18.0 Å². The van der Waals surface area contributed by atoms with Gasteiger partial charge in [-0.05, 0) is 20.8 Å². The molecule has 116 valence electrons. The van der Waals surface area contributed by atoms with Crippen LogP contribution in [0.2, 0.25) is 5.15 Å². The minimum absolute atomic E-state index is 0.130. The average molecular weight is 314 g/mol. The molecule has 0 radical (unpaired) electrons. The maximum atomic E-state index is 12.0. The molecule has 1 aromatic heterocycles. The Morgan fingerprint density at radius 1 is 1.48 bits per heavy atom. The molecule has 0 saturated carbocycles. The number of ether oxygens (including phenoxy) is 1. The van der Waals surface area contributed by atoms with Crippen molar-refractivity contribution in [2.75, 3.05) is 30.8 Å². The van der Waals surface area contributed by atoms with Crippen molar-refractivity contribution in [1.82, 2.24) is 14.9 Å². The summed E-state index contributed by atoms with van der Waals surface area (Å²) in [6, 6.07) is 1.64. The summed E-state index contributed by atoms with van der Waals surface area (Å²) in [7, 11) is 1.73. The van der Waals surface area contributed by atoms with Crippen LogP contribution >= 0.6 is 11.6 Å². The van der Waals surface area contributed by atoms with E-state index in [2.05, 4.69) is 9.97 Å². The molecule has 2 N–H and O–H groups in total. The third-order valence-corrected chi connectivity index (χ3v) is 3.61. The zero-order chi connectivity index (χ0) is 15.8. The maximum Gasteiger partial charge on any atom is 0.410 e. The number of hydrogen-bond acceptors (Lipinski definition) is 6. The molecule has 7 nitrogen and oxygen atoms in total. The summed E-state index contributed by atoms with van der Waals surface area (Å²) >= 11 is 5.84. The average Bonchev–Trinajstić information content (AvgIpc) is 2.29. The van der Waals surface area contributed by atoms with Gasteiger partial charge in [-0.15, -0.1) is 0 Å². The van der Waals surface area contributed by atoms with Crippen LogP contribution in [0.1, 0.15) is 20.8 Å². The molecular weight excluding hydrogens is 294 g/mol. The van der Waals surface area contributed by atoms with E-state index in [0.717, 1.165) is 0 Å². The van der Waals surface area contributed by atoms with Crippen LogP contribution < -0.4 is 10.6 Å². The zero-order valence-corrected chi connectivity index (χ0v) is 13.4. The van der Waals surface area contributed by atoms with Crippen molar-refractivity contribution >= 4 is 29.5 Å². The van der Waals surface area contributed by atoms with E-state index in [9.17, 15) is 4.79 Å². The van der Waals surface area contributed by atoms with Gasteiger partial charge in [0.05, 0.1) is 13.1 Å². The minimum Gasteiger partial charge on any atom is -0.442 e. The van der Waals surface area contributed by atoms with E-state index in [1.807, 2.05) is 25.7 Å². The number of carbonyl (C=O) groups is 1. The van der Waals surface area contributed by atoms with Gasteiger partial charge in [0.15, 0.2) is 0 Å². The fourth-order valence-electron chi connectivity index (χ4n) is 1.78. The number of amides is 1. The molecule has 21 heavy (non-hydrogen) atoms. The number of aromatic nitrogens is 2. The second-order valence-corrected chi connectivity index (χ2v) is 6.43. The quantitative estimate of drug-likeness (QED) is 0.838. The molecule has 0 unspecified atom stereocenters. The summed E-state index contributed by atoms with van der Waals surface area (Å²) in [5.41, 5.74) is 5.28. The Balaban J connectivity index is 1.88. The first kappa shape index (κ1) is 15.6. The van der Waals surface area contributed by atoms with Crippen molar-refractivity contribution < 1.29 is 9.53 Å². The Hall–Kier alpha value is -1.76. The first-order valence-electron chi connectivity index (χ1n) is 6.66. The van der Waals surface area contributed by atoms with Crippen LogP contribution in [0, 0.1) is 0 Å². The summed E-state index contributed by atoms with van der Waals surface area (Å²) in [4.78, 5) is 23.4. The van der Waals surface area contributed by atoms with Gasteiger partial charge in [-0.2, -0.15) is 4.98 Å². The predicted molar refractivity (Wildman–Crippen MR) is 81.5 cm³/mol. The van der Waals surface area contributed by atoms with Crippen LogP contribution in [0.5, 0.6) is 0 Å². The number of halogens is 1. The van der Waals surface area contributed by atoms with E-state index in [4.69, 9.17) is 22.1 Å². The summed E-state index contributed by atoms with van der Waals surface area (Å²) in [6.07, 6.45) is -0.482. The second-order valence-electron chi connectivity index (χ2n) is 6.05. The molecule has 1 saturated heterocycles. The highest BCUT2D eigenvalue weighted by molar-refractivity contribution is 6.29. The van der Waals surface area contributed by atoms with Crippen LogP contribution in [-0.4, -0.2) is 52.7 Å². The number of rotatable bonds is 2. The number of nitrogens with two attached hydrogens (primary N) is 1. The van der Waals surface area contributed by atoms with Gasteiger partial charge in [0.25, 0.3) is 0 Å². The molecular formula is C13H20ClN5O2. The molecule has 1 aromatic rings.